The number of hydrogen-bond acceptors (Lipinski definition) is 2. The second-order valence-corrected chi connectivity index (χ2v) is 5.28. The number of amides is 1. The van der Waals surface area contributed by atoms with E-state index in [0.717, 1.165) is 34.4 Å². The van der Waals surface area contributed by atoms with E-state index >= 15 is 0 Å². The lowest BCUT2D eigenvalue weighted by atomic mass is 10.0. The number of carbonyl (C=O) groups is 1. The molecule has 0 atom stereocenters. The van der Waals surface area contributed by atoms with Crippen LogP contribution in [0.5, 0.6) is 11.5 Å². The number of carbonyl (C=O) groups excluding carboxylic acids is 1. The number of nitrogens with two attached hydrogens (primary N) is 1. The lowest BCUT2D eigenvalue weighted by molar-refractivity contribution is 0.0998. The van der Waals surface area contributed by atoms with Crippen LogP contribution in [-0.2, 0) is 6.42 Å². The summed E-state index contributed by atoms with van der Waals surface area (Å²) in [5, 5.41) is 0. The highest BCUT2D eigenvalue weighted by atomic mass is 16.5. The van der Waals surface area contributed by atoms with Crippen molar-refractivity contribution in [1.29, 1.82) is 0 Å². The summed E-state index contributed by atoms with van der Waals surface area (Å²) in [4.78, 5) is 11.7. The zero-order chi connectivity index (χ0) is 15.6. The molecule has 0 aliphatic heterocycles. The van der Waals surface area contributed by atoms with Crippen molar-refractivity contribution in [3.63, 3.8) is 0 Å². The van der Waals surface area contributed by atoms with Crippen LogP contribution in [0, 0.1) is 20.8 Å². The number of primary amides is 1. The molecule has 0 heterocycles. The zero-order valence-electron chi connectivity index (χ0n) is 13.0. The van der Waals surface area contributed by atoms with E-state index in [1.807, 2.05) is 52.0 Å². The minimum atomic E-state index is -0.467. The largest absolute Gasteiger partial charge is 0.456 e. The first-order valence-corrected chi connectivity index (χ1v) is 7.12. The highest BCUT2D eigenvalue weighted by molar-refractivity contribution is 5.96. The van der Waals surface area contributed by atoms with Crippen LogP contribution in [0.15, 0.2) is 30.3 Å². The second-order valence-electron chi connectivity index (χ2n) is 5.28. The fraction of sp³-hybridized carbons (Fsp3) is 0.278. The normalized spacial score (nSPS) is 10.5. The number of para-hydroxylation sites is 1. The van der Waals surface area contributed by atoms with Gasteiger partial charge in [0, 0.05) is 0 Å². The molecule has 3 nitrogen and oxygen atoms in total. The predicted octanol–water partition coefficient (Wildman–Crippen LogP) is 4.07. The molecule has 2 rings (SSSR count). The molecule has 2 aromatic rings. The van der Waals surface area contributed by atoms with Crippen LogP contribution < -0.4 is 10.5 Å². The van der Waals surface area contributed by atoms with Gasteiger partial charge in [0.2, 0.25) is 0 Å². The fourth-order valence-electron chi connectivity index (χ4n) is 2.54. The number of rotatable bonds is 4. The maximum Gasteiger partial charge on any atom is 0.252 e. The molecule has 3 heteroatoms. The molecule has 110 valence electrons. The first-order valence-electron chi connectivity index (χ1n) is 7.12. The molecule has 0 fully saturated rings. The molecule has 0 saturated heterocycles. The van der Waals surface area contributed by atoms with E-state index in [1.54, 1.807) is 6.07 Å². The van der Waals surface area contributed by atoms with Gasteiger partial charge in [0.15, 0.2) is 0 Å². The molecule has 2 aromatic carbocycles. The van der Waals surface area contributed by atoms with E-state index < -0.39 is 5.91 Å². The van der Waals surface area contributed by atoms with Gasteiger partial charge in [0.1, 0.15) is 11.5 Å². The van der Waals surface area contributed by atoms with Crippen LogP contribution in [0.25, 0.3) is 0 Å². The van der Waals surface area contributed by atoms with Crippen molar-refractivity contribution >= 4 is 5.91 Å². The molecule has 0 radical (unpaired) electrons. The minimum Gasteiger partial charge on any atom is -0.456 e. The lowest BCUT2D eigenvalue weighted by Crippen LogP contribution is -2.14. The average molecular weight is 283 g/mol. The molecule has 21 heavy (non-hydrogen) atoms. The van der Waals surface area contributed by atoms with Crippen LogP contribution in [-0.4, -0.2) is 5.91 Å². The summed E-state index contributed by atoms with van der Waals surface area (Å²) in [7, 11) is 0. The maximum absolute atomic E-state index is 11.7. The van der Waals surface area contributed by atoms with Gasteiger partial charge in [-0.25, -0.2) is 0 Å². The van der Waals surface area contributed by atoms with Crippen molar-refractivity contribution in [2.45, 2.75) is 34.1 Å². The standard InChI is InChI=1S/C18H21NO2/c1-5-14-11(2)9-10-15(18(19)20)17(14)21-16-12(3)7-6-8-13(16)4/h6-10H,5H2,1-4H3,(H2,19,20). The molecule has 0 spiro atoms. The van der Waals surface area contributed by atoms with Gasteiger partial charge >= 0.3 is 0 Å². The van der Waals surface area contributed by atoms with Gasteiger partial charge in [0.05, 0.1) is 5.56 Å². The van der Waals surface area contributed by atoms with Gasteiger partial charge < -0.3 is 10.5 Å². The summed E-state index contributed by atoms with van der Waals surface area (Å²) in [6, 6.07) is 9.63. The third-order valence-corrected chi connectivity index (χ3v) is 3.73. The molecule has 1 amide bonds. The topological polar surface area (TPSA) is 52.3 Å². The fourth-order valence-corrected chi connectivity index (χ4v) is 2.54. The summed E-state index contributed by atoms with van der Waals surface area (Å²) < 4.78 is 6.13. The summed E-state index contributed by atoms with van der Waals surface area (Å²) in [6.45, 7) is 8.05. The Morgan fingerprint density at radius 1 is 1.00 bits per heavy atom. The number of aryl methyl sites for hydroxylation is 3. The number of benzene rings is 2. The summed E-state index contributed by atoms with van der Waals surface area (Å²) in [6.07, 6.45) is 0.785. The Bertz CT molecular complexity index is 670. The van der Waals surface area contributed by atoms with Crippen LogP contribution in [0.3, 0.4) is 0 Å². The highest BCUT2D eigenvalue weighted by Crippen LogP contribution is 2.35. The molecular weight excluding hydrogens is 262 g/mol. The van der Waals surface area contributed by atoms with Gasteiger partial charge in [0.25, 0.3) is 5.91 Å². The van der Waals surface area contributed by atoms with Crippen molar-refractivity contribution < 1.29 is 9.53 Å². The molecular formula is C18H21NO2. The molecule has 0 saturated carbocycles. The van der Waals surface area contributed by atoms with Crippen molar-refractivity contribution in [1.82, 2.24) is 0 Å². The Kier molecular flexibility index (Phi) is 4.32. The Morgan fingerprint density at radius 2 is 1.62 bits per heavy atom. The van der Waals surface area contributed by atoms with Crippen molar-refractivity contribution in [2.24, 2.45) is 5.73 Å². The van der Waals surface area contributed by atoms with E-state index in [9.17, 15) is 4.79 Å². The Morgan fingerprint density at radius 3 is 2.14 bits per heavy atom. The SMILES string of the molecule is CCc1c(C)ccc(C(N)=O)c1Oc1c(C)cccc1C. The monoisotopic (exact) mass is 283 g/mol. The van der Waals surface area contributed by atoms with E-state index in [-0.39, 0.29) is 0 Å². The Balaban J connectivity index is 2.62. The van der Waals surface area contributed by atoms with Crippen molar-refractivity contribution in [2.75, 3.05) is 0 Å². The third kappa shape index (κ3) is 2.92. The van der Waals surface area contributed by atoms with Crippen LogP contribution in [0.1, 0.15) is 39.5 Å². The van der Waals surface area contributed by atoms with E-state index in [0.29, 0.717) is 11.3 Å². The summed E-state index contributed by atoms with van der Waals surface area (Å²) >= 11 is 0. The van der Waals surface area contributed by atoms with E-state index in [1.165, 1.54) is 0 Å². The summed E-state index contributed by atoms with van der Waals surface area (Å²) in [5.41, 5.74) is 10.1. The maximum atomic E-state index is 11.7. The molecule has 0 aliphatic carbocycles. The van der Waals surface area contributed by atoms with Gasteiger partial charge in [-0.1, -0.05) is 31.2 Å². The number of ether oxygens (including phenoxy) is 1. The van der Waals surface area contributed by atoms with Crippen molar-refractivity contribution in [3.05, 3.63) is 58.1 Å². The molecule has 0 bridgehead atoms. The van der Waals surface area contributed by atoms with Gasteiger partial charge in [-0.2, -0.15) is 0 Å². The minimum absolute atomic E-state index is 0.431. The van der Waals surface area contributed by atoms with Gasteiger partial charge in [-0.15, -0.1) is 0 Å². The Labute approximate surface area is 125 Å². The van der Waals surface area contributed by atoms with Gasteiger partial charge in [-0.05, 0) is 55.5 Å². The van der Waals surface area contributed by atoms with Crippen molar-refractivity contribution in [3.8, 4) is 11.5 Å². The highest BCUT2D eigenvalue weighted by Gasteiger charge is 2.17. The van der Waals surface area contributed by atoms with Crippen LogP contribution in [0.4, 0.5) is 0 Å². The van der Waals surface area contributed by atoms with E-state index in [2.05, 4.69) is 0 Å². The first kappa shape index (κ1) is 15.1. The zero-order valence-corrected chi connectivity index (χ0v) is 13.0. The quantitative estimate of drug-likeness (QED) is 0.919. The van der Waals surface area contributed by atoms with E-state index in [4.69, 9.17) is 10.5 Å². The molecule has 0 aliphatic rings. The van der Waals surface area contributed by atoms with Gasteiger partial charge in [-0.3, -0.25) is 4.79 Å². The van der Waals surface area contributed by atoms with Crippen LogP contribution >= 0.6 is 0 Å². The lowest BCUT2D eigenvalue weighted by Gasteiger charge is -2.18. The predicted molar refractivity (Wildman–Crippen MR) is 85.1 cm³/mol. The average Bonchev–Trinajstić information content (AvgIpc) is 2.42. The molecule has 0 unspecified atom stereocenters. The second kappa shape index (κ2) is 6.00. The number of hydrogen-bond donors (Lipinski definition) is 1. The smallest absolute Gasteiger partial charge is 0.252 e. The third-order valence-electron chi connectivity index (χ3n) is 3.73. The molecule has 0 aromatic heterocycles. The Hall–Kier alpha value is -2.29. The van der Waals surface area contributed by atoms with Crippen LogP contribution in [0.2, 0.25) is 0 Å². The molecule has 2 N–H and O–H groups in total. The first-order chi connectivity index (χ1) is 9.95. The summed E-state index contributed by atoms with van der Waals surface area (Å²) in [5.74, 6) is 0.911.